The Morgan fingerprint density at radius 3 is 2.45 bits per heavy atom. The zero-order valence-electron chi connectivity index (χ0n) is 17.2. The molecule has 0 aliphatic carbocycles. The Morgan fingerprint density at radius 2 is 1.79 bits per heavy atom. The standard InChI is InChI=1S/C22H29ClN2O3S/c1-17-12-13-20(16-18(17)2)25(29(3,27)28)15-7-11-22(26)24-14-6-9-19-8-4-5-10-21(19)23/h4-5,8,10,12-13,16H,6-7,9,11,14-15H2,1-3H3,(H,24,26). The summed E-state index contributed by atoms with van der Waals surface area (Å²) in [6.45, 7) is 4.78. The molecule has 1 amide bonds. The maximum Gasteiger partial charge on any atom is 0.232 e. The van der Waals surface area contributed by atoms with Crippen LogP contribution in [0.2, 0.25) is 5.02 Å². The van der Waals surface area contributed by atoms with Crippen molar-refractivity contribution in [3.05, 3.63) is 64.2 Å². The number of benzene rings is 2. The van der Waals surface area contributed by atoms with Gasteiger partial charge in [-0.25, -0.2) is 8.42 Å². The van der Waals surface area contributed by atoms with Crippen LogP contribution in [0, 0.1) is 13.8 Å². The molecule has 0 atom stereocenters. The van der Waals surface area contributed by atoms with Crippen molar-refractivity contribution in [2.75, 3.05) is 23.7 Å². The highest BCUT2D eigenvalue weighted by Gasteiger charge is 2.18. The van der Waals surface area contributed by atoms with E-state index in [2.05, 4.69) is 5.32 Å². The Labute approximate surface area is 179 Å². The van der Waals surface area contributed by atoms with Crippen LogP contribution in [0.3, 0.4) is 0 Å². The summed E-state index contributed by atoms with van der Waals surface area (Å²) >= 11 is 6.13. The van der Waals surface area contributed by atoms with Crippen LogP contribution >= 0.6 is 11.6 Å². The minimum atomic E-state index is -3.41. The van der Waals surface area contributed by atoms with Crippen molar-refractivity contribution in [2.45, 2.75) is 39.5 Å². The summed E-state index contributed by atoms with van der Waals surface area (Å²) < 4.78 is 25.7. The molecular weight excluding hydrogens is 408 g/mol. The number of aryl methyl sites for hydroxylation is 3. The molecule has 0 aromatic heterocycles. The monoisotopic (exact) mass is 436 g/mol. The van der Waals surface area contributed by atoms with Crippen LogP contribution < -0.4 is 9.62 Å². The third kappa shape index (κ3) is 7.37. The minimum absolute atomic E-state index is 0.0716. The molecule has 0 radical (unpaired) electrons. The number of rotatable bonds is 10. The molecule has 0 aliphatic rings. The summed E-state index contributed by atoms with van der Waals surface area (Å²) in [6.07, 6.45) is 3.53. The maximum absolute atomic E-state index is 12.2. The number of halogens is 1. The largest absolute Gasteiger partial charge is 0.356 e. The normalized spacial score (nSPS) is 11.3. The molecule has 0 spiro atoms. The molecule has 5 nitrogen and oxygen atoms in total. The fraction of sp³-hybridized carbons (Fsp3) is 0.409. The number of hydrogen-bond acceptors (Lipinski definition) is 3. The summed E-state index contributed by atoms with van der Waals surface area (Å²) in [5, 5.41) is 3.63. The van der Waals surface area contributed by atoms with Crippen molar-refractivity contribution < 1.29 is 13.2 Å². The molecule has 0 heterocycles. The molecule has 29 heavy (non-hydrogen) atoms. The van der Waals surface area contributed by atoms with Gasteiger partial charge < -0.3 is 5.32 Å². The number of sulfonamides is 1. The van der Waals surface area contributed by atoms with Crippen molar-refractivity contribution in [1.82, 2.24) is 5.32 Å². The summed E-state index contributed by atoms with van der Waals surface area (Å²) in [5.41, 5.74) is 3.85. The third-order valence-corrected chi connectivity index (χ3v) is 6.41. The minimum Gasteiger partial charge on any atom is -0.356 e. The fourth-order valence-electron chi connectivity index (χ4n) is 3.05. The van der Waals surface area contributed by atoms with Crippen LogP contribution in [0.1, 0.15) is 36.0 Å². The van der Waals surface area contributed by atoms with Gasteiger partial charge in [-0.15, -0.1) is 0 Å². The molecule has 158 valence electrons. The molecule has 2 aromatic carbocycles. The maximum atomic E-state index is 12.2. The van der Waals surface area contributed by atoms with E-state index in [0.717, 1.165) is 34.6 Å². The van der Waals surface area contributed by atoms with Gasteiger partial charge in [-0.1, -0.05) is 35.9 Å². The highest BCUT2D eigenvalue weighted by Crippen LogP contribution is 2.22. The molecule has 0 saturated carbocycles. The Balaban J connectivity index is 1.79. The zero-order valence-corrected chi connectivity index (χ0v) is 18.8. The van der Waals surface area contributed by atoms with Crippen LogP contribution in [0.4, 0.5) is 5.69 Å². The van der Waals surface area contributed by atoms with Crippen LogP contribution in [0.5, 0.6) is 0 Å². The Bertz CT molecular complexity index is 945. The van der Waals surface area contributed by atoms with Crippen LogP contribution in [-0.4, -0.2) is 33.7 Å². The second-order valence-electron chi connectivity index (χ2n) is 7.25. The number of amides is 1. The molecular formula is C22H29ClN2O3S. The lowest BCUT2D eigenvalue weighted by Crippen LogP contribution is -2.32. The first-order chi connectivity index (χ1) is 13.7. The number of carbonyl (C=O) groups is 1. The van der Waals surface area contributed by atoms with E-state index in [1.165, 1.54) is 10.6 Å². The summed E-state index contributed by atoms with van der Waals surface area (Å²) in [5.74, 6) is -0.0716. The van der Waals surface area contributed by atoms with Gasteiger partial charge in [0.1, 0.15) is 0 Å². The van der Waals surface area contributed by atoms with E-state index in [-0.39, 0.29) is 18.9 Å². The quantitative estimate of drug-likeness (QED) is 0.566. The van der Waals surface area contributed by atoms with Crippen molar-refractivity contribution >= 4 is 33.2 Å². The van der Waals surface area contributed by atoms with Gasteiger partial charge in [0.2, 0.25) is 15.9 Å². The third-order valence-electron chi connectivity index (χ3n) is 4.85. The molecule has 2 rings (SSSR count). The SMILES string of the molecule is Cc1ccc(N(CCCC(=O)NCCCc2ccccc2Cl)S(C)(=O)=O)cc1C. The molecule has 0 bridgehead atoms. The van der Waals surface area contributed by atoms with E-state index in [9.17, 15) is 13.2 Å². The summed E-state index contributed by atoms with van der Waals surface area (Å²) in [6, 6.07) is 13.3. The van der Waals surface area contributed by atoms with E-state index in [1.807, 2.05) is 50.2 Å². The van der Waals surface area contributed by atoms with E-state index < -0.39 is 10.0 Å². The first-order valence-electron chi connectivity index (χ1n) is 9.73. The fourth-order valence-corrected chi connectivity index (χ4v) is 4.23. The molecule has 0 unspecified atom stereocenters. The van der Waals surface area contributed by atoms with Crippen LogP contribution in [0.15, 0.2) is 42.5 Å². The average Bonchev–Trinajstić information content (AvgIpc) is 2.65. The van der Waals surface area contributed by atoms with Crippen molar-refractivity contribution in [1.29, 1.82) is 0 Å². The van der Waals surface area contributed by atoms with Gasteiger partial charge in [0, 0.05) is 24.5 Å². The van der Waals surface area contributed by atoms with Crippen molar-refractivity contribution in [3.63, 3.8) is 0 Å². The predicted molar refractivity (Wildman–Crippen MR) is 120 cm³/mol. The van der Waals surface area contributed by atoms with E-state index >= 15 is 0 Å². The van der Waals surface area contributed by atoms with Gasteiger partial charge in [0.05, 0.1) is 11.9 Å². The molecule has 0 aliphatic heterocycles. The molecule has 0 fully saturated rings. The Morgan fingerprint density at radius 1 is 1.07 bits per heavy atom. The van der Waals surface area contributed by atoms with Gasteiger partial charge in [0.15, 0.2) is 0 Å². The molecule has 1 N–H and O–H groups in total. The molecule has 2 aromatic rings. The second kappa shape index (κ2) is 10.6. The lowest BCUT2D eigenvalue weighted by Gasteiger charge is -2.23. The first kappa shape index (κ1) is 23.2. The van der Waals surface area contributed by atoms with E-state index in [0.29, 0.717) is 18.7 Å². The number of anilines is 1. The smallest absolute Gasteiger partial charge is 0.232 e. The average molecular weight is 437 g/mol. The Hall–Kier alpha value is -2.05. The van der Waals surface area contributed by atoms with Gasteiger partial charge in [-0.2, -0.15) is 0 Å². The van der Waals surface area contributed by atoms with Crippen LogP contribution in [-0.2, 0) is 21.2 Å². The second-order valence-corrected chi connectivity index (χ2v) is 9.57. The highest BCUT2D eigenvalue weighted by molar-refractivity contribution is 7.92. The predicted octanol–water partition coefficient (Wildman–Crippen LogP) is 4.25. The molecule has 0 saturated heterocycles. The van der Waals surface area contributed by atoms with Gasteiger partial charge in [0.25, 0.3) is 0 Å². The van der Waals surface area contributed by atoms with E-state index in [1.54, 1.807) is 6.07 Å². The lowest BCUT2D eigenvalue weighted by molar-refractivity contribution is -0.121. The number of carbonyl (C=O) groups excluding carboxylic acids is 1. The van der Waals surface area contributed by atoms with Crippen molar-refractivity contribution in [2.24, 2.45) is 0 Å². The molecule has 7 heteroatoms. The topological polar surface area (TPSA) is 66.5 Å². The first-order valence-corrected chi connectivity index (χ1v) is 12.0. The van der Waals surface area contributed by atoms with Gasteiger partial charge >= 0.3 is 0 Å². The summed E-state index contributed by atoms with van der Waals surface area (Å²) in [4.78, 5) is 12.1. The highest BCUT2D eigenvalue weighted by atomic mass is 35.5. The van der Waals surface area contributed by atoms with Gasteiger partial charge in [-0.05, 0) is 68.0 Å². The van der Waals surface area contributed by atoms with Crippen LogP contribution in [0.25, 0.3) is 0 Å². The Kier molecular flexibility index (Phi) is 8.53. The van der Waals surface area contributed by atoms with Crippen molar-refractivity contribution in [3.8, 4) is 0 Å². The van der Waals surface area contributed by atoms with E-state index in [4.69, 9.17) is 11.6 Å². The number of nitrogens with one attached hydrogen (secondary N) is 1. The summed E-state index contributed by atoms with van der Waals surface area (Å²) in [7, 11) is -3.41. The lowest BCUT2D eigenvalue weighted by atomic mass is 10.1. The zero-order chi connectivity index (χ0) is 21.4. The van der Waals surface area contributed by atoms with Gasteiger partial charge in [-0.3, -0.25) is 9.10 Å². The number of hydrogen-bond donors (Lipinski definition) is 1. The number of nitrogens with zero attached hydrogens (tertiary/aromatic N) is 1.